The topological polar surface area (TPSA) is 38.1 Å². The largest absolute Gasteiger partial charge is 0.312 e. The Bertz CT molecular complexity index is 1060. The minimum absolute atomic E-state index is 0.0708. The zero-order valence-corrected chi connectivity index (χ0v) is 15.2. The molecule has 3 aromatic carbocycles. The standard InChI is InChI=1S/C23H21N3O/c1-2-25(22-14-8-10-19-9-6-7-13-21(19)22)23(27)15-18-16-24-26(17-18)20-11-4-3-5-12-20/h3-14,16-17H,2,15H2,1H3. The molecule has 1 amide bonds. The third kappa shape index (κ3) is 3.47. The predicted molar refractivity (Wildman–Crippen MR) is 109 cm³/mol. The van der Waals surface area contributed by atoms with Crippen LogP contribution in [0.2, 0.25) is 0 Å². The Morgan fingerprint density at radius 1 is 0.963 bits per heavy atom. The first kappa shape index (κ1) is 17.0. The highest BCUT2D eigenvalue weighted by atomic mass is 16.2. The van der Waals surface area contributed by atoms with E-state index in [0.717, 1.165) is 27.7 Å². The van der Waals surface area contributed by atoms with E-state index >= 15 is 0 Å². The molecule has 0 aliphatic carbocycles. The molecule has 0 bridgehead atoms. The van der Waals surface area contributed by atoms with Gasteiger partial charge < -0.3 is 4.90 Å². The lowest BCUT2D eigenvalue weighted by Crippen LogP contribution is -2.32. The van der Waals surface area contributed by atoms with E-state index < -0.39 is 0 Å². The average molecular weight is 355 g/mol. The summed E-state index contributed by atoms with van der Waals surface area (Å²) in [7, 11) is 0. The van der Waals surface area contributed by atoms with E-state index in [1.165, 1.54) is 0 Å². The van der Waals surface area contributed by atoms with Crippen LogP contribution >= 0.6 is 0 Å². The molecule has 1 heterocycles. The number of hydrogen-bond acceptors (Lipinski definition) is 2. The minimum Gasteiger partial charge on any atom is -0.312 e. The first-order valence-corrected chi connectivity index (χ1v) is 9.13. The van der Waals surface area contributed by atoms with Crippen molar-refractivity contribution in [2.24, 2.45) is 0 Å². The summed E-state index contributed by atoms with van der Waals surface area (Å²) in [5, 5.41) is 6.62. The molecule has 4 heteroatoms. The molecule has 0 radical (unpaired) electrons. The van der Waals surface area contributed by atoms with Crippen molar-refractivity contribution in [3.8, 4) is 5.69 Å². The minimum atomic E-state index is 0.0708. The Labute approximate surface area is 158 Å². The van der Waals surface area contributed by atoms with Crippen molar-refractivity contribution in [1.82, 2.24) is 9.78 Å². The summed E-state index contributed by atoms with van der Waals surface area (Å²) in [4.78, 5) is 14.9. The van der Waals surface area contributed by atoms with Gasteiger partial charge in [-0.2, -0.15) is 5.10 Å². The maximum atomic E-state index is 13.0. The second-order valence-electron chi connectivity index (χ2n) is 6.44. The normalized spacial score (nSPS) is 10.9. The molecule has 0 fully saturated rings. The molecule has 4 nitrogen and oxygen atoms in total. The molecule has 1 aromatic heterocycles. The fourth-order valence-corrected chi connectivity index (χ4v) is 3.37. The first-order chi connectivity index (χ1) is 13.3. The number of anilines is 1. The molecular formula is C23H21N3O. The van der Waals surface area contributed by atoms with Crippen LogP contribution in [0.1, 0.15) is 12.5 Å². The van der Waals surface area contributed by atoms with Crippen LogP contribution < -0.4 is 4.90 Å². The van der Waals surface area contributed by atoms with E-state index in [2.05, 4.69) is 23.3 Å². The van der Waals surface area contributed by atoms with E-state index in [4.69, 9.17) is 0 Å². The summed E-state index contributed by atoms with van der Waals surface area (Å²) in [6.45, 7) is 2.63. The van der Waals surface area contributed by atoms with Crippen molar-refractivity contribution in [3.05, 3.63) is 90.8 Å². The van der Waals surface area contributed by atoms with Crippen LogP contribution in [-0.4, -0.2) is 22.2 Å². The van der Waals surface area contributed by atoms with Crippen LogP contribution in [0.5, 0.6) is 0 Å². The lowest BCUT2D eigenvalue weighted by atomic mass is 10.1. The maximum Gasteiger partial charge on any atom is 0.231 e. The molecule has 4 rings (SSSR count). The quantitative estimate of drug-likeness (QED) is 0.524. The van der Waals surface area contributed by atoms with Gasteiger partial charge in [-0.05, 0) is 36.1 Å². The van der Waals surface area contributed by atoms with Gasteiger partial charge in [-0.25, -0.2) is 4.68 Å². The molecule has 0 atom stereocenters. The number of likely N-dealkylation sites (N-methyl/N-ethyl adjacent to an activating group) is 1. The summed E-state index contributed by atoms with van der Waals surface area (Å²) in [6.07, 6.45) is 4.01. The van der Waals surface area contributed by atoms with E-state index in [1.54, 1.807) is 10.9 Å². The average Bonchev–Trinajstić information content (AvgIpc) is 3.18. The molecule has 0 unspecified atom stereocenters. The number of amides is 1. The summed E-state index contributed by atoms with van der Waals surface area (Å²) in [6, 6.07) is 24.1. The zero-order chi connectivity index (χ0) is 18.6. The molecule has 27 heavy (non-hydrogen) atoms. The molecule has 0 spiro atoms. The number of carbonyl (C=O) groups excluding carboxylic acids is 1. The van der Waals surface area contributed by atoms with Crippen LogP contribution in [0, 0.1) is 0 Å². The highest BCUT2D eigenvalue weighted by molar-refractivity contribution is 6.04. The fraction of sp³-hybridized carbons (Fsp3) is 0.130. The number of benzene rings is 3. The van der Waals surface area contributed by atoms with Gasteiger partial charge in [-0.3, -0.25) is 4.79 Å². The van der Waals surface area contributed by atoms with E-state index in [1.807, 2.05) is 72.6 Å². The van der Waals surface area contributed by atoms with Crippen molar-refractivity contribution in [2.45, 2.75) is 13.3 Å². The lowest BCUT2D eigenvalue weighted by molar-refractivity contribution is -0.117. The number of aromatic nitrogens is 2. The summed E-state index contributed by atoms with van der Waals surface area (Å²) in [5.74, 6) is 0.0708. The smallest absolute Gasteiger partial charge is 0.231 e. The molecule has 0 saturated carbocycles. The lowest BCUT2D eigenvalue weighted by Gasteiger charge is -2.22. The number of carbonyl (C=O) groups is 1. The number of rotatable bonds is 5. The first-order valence-electron chi connectivity index (χ1n) is 9.13. The van der Waals surface area contributed by atoms with Crippen LogP contribution in [0.4, 0.5) is 5.69 Å². The van der Waals surface area contributed by atoms with Crippen LogP contribution in [0.15, 0.2) is 85.2 Å². The second-order valence-corrected chi connectivity index (χ2v) is 6.44. The molecule has 0 saturated heterocycles. The Morgan fingerprint density at radius 3 is 2.52 bits per heavy atom. The van der Waals surface area contributed by atoms with Crippen molar-refractivity contribution in [3.63, 3.8) is 0 Å². The van der Waals surface area contributed by atoms with Gasteiger partial charge in [0.15, 0.2) is 0 Å². The van der Waals surface area contributed by atoms with Gasteiger partial charge in [0, 0.05) is 18.1 Å². The Balaban J connectivity index is 1.59. The van der Waals surface area contributed by atoms with Crippen molar-refractivity contribution >= 4 is 22.4 Å². The third-order valence-electron chi connectivity index (χ3n) is 4.69. The van der Waals surface area contributed by atoms with Crippen LogP contribution in [-0.2, 0) is 11.2 Å². The molecular weight excluding hydrogens is 334 g/mol. The molecule has 0 aliphatic heterocycles. The van der Waals surface area contributed by atoms with Gasteiger partial charge >= 0.3 is 0 Å². The number of fused-ring (bicyclic) bond motifs is 1. The highest BCUT2D eigenvalue weighted by Gasteiger charge is 2.17. The van der Waals surface area contributed by atoms with Crippen LogP contribution in [0.25, 0.3) is 16.5 Å². The van der Waals surface area contributed by atoms with Gasteiger partial charge in [-0.15, -0.1) is 0 Å². The van der Waals surface area contributed by atoms with E-state index in [9.17, 15) is 4.79 Å². The van der Waals surface area contributed by atoms with E-state index in [0.29, 0.717) is 13.0 Å². The SMILES string of the molecule is CCN(C(=O)Cc1cnn(-c2ccccc2)c1)c1cccc2ccccc12. The van der Waals surface area contributed by atoms with Gasteiger partial charge in [0.25, 0.3) is 0 Å². The predicted octanol–water partition coefficient (Wildman–Crippen LogP) is 4.62. The van der Waals surface area contributed by atoms with Crippen molar-refractivity contribution in [1.29, 1.82) is 0 Å². The summed E-state index contributed by atoms with van der Waals surface area (Å²) >= 11 is 0. The third-order valence-corrected chi connectivity index (χ3v) is 4.69. The number of para-hydroxylation sites is 1. The van der Waals surface area contributed by atoms with Gasteiger partial charge in [-0.1, -0.05) is 54.6 Å². The number of nitrogens with zero attached hydrogens (tertiary/aromatic N) is 3. The van der Waals surface area contributed by atoms with Crippen molar-refractivity contribution in [2.75, 3.05) is 11.4 Å². The fourth-order valence-electron chi connectivity index (χ4n) is 3.37. The van der Waals surface area contributed by atoms with Crippen molar-refractivity contribution < 1.29 is 4.79 Å². The molecule has 134 valence electrons. The van der Waals surface area contributed by atoms with Gasteiger partial charge in [0.05, 0.1) is 24.0 Å². The van der Waals surface area contributed by atoms with Gasteiger partial charge in [0.2, 0.25) is 5.91 Å². The zero-order valence-electron chi connectivity index (χ0n) is 15.2. The Morgan fingerprint density at radius 2 is 1.70 bits per heavy atom. The van der Waals surface area contributed by atoms with Gasteiger partial charge in [0.1, 0.15) is 0 Å². The monoisotopic (exact) mass is 355 g/mol. The second kappa shape index (κ2) is 7.46. The Kier molecular flexibility index (Phi) is 4.71. The summed E-state index contributed by atoms with van der Waals surface area (Å²) in [5.41, 5.74) is 2.84. The van der Waals surface area contributed by atoms with Crippen LogP contribution in [0.3, 0.4) is 0 Å². The Hall–Kier alpha value is -3.40. The molecule has 4 aromatic rings. The van der Waals surface area contributed by atoms with E-state index in [-0.39, 0.29) is 5.91 Å². The maximum absolute atomic E-state index is 13.0. The molecule has 0 N–H and O–H groups in total. The highest BCUT2D eigenvalue weighted by Crippen LogP contribution is 2.27. The number of hydrogen-bond donors (Lipinski definition) is 0. The molecule has 0 aliphatic rings. The summed E-state index contributed by atoms with van der Waals surface area (Å²) < 4.78 is 1.80.